The van der Waals surface area contributed by atoms with Gasteiger partial charge in [0.1, 0.15) is 0 Å². The van der Waals surface area contributed by atoms with Crippen molar-refractivity contribution in [1.29, 1.82) is 0 Å². The second-order valence-corrected chi connectivity index (χ2v) is 11.0. The number of hydrazine groups is 1. The lowest BCUT2D eigenvalue weighted by atomic mass is 9.95. The number of allylic oxidation sites excluding steroid dienone is 1. The molecule has 1 unspecified atom stereocenters. The highest BCUT2D eigenvalue weighted by Crippen LogP contribution is 2.24. The minimum absolute atomic E-state index is 0.446. The molecule has 1 aliphatic rings. The Morgan fingerprint density at radius 2 is 2.14 bits per heavy atom. The number of hydrogen-bond donors (Lipinski definition) is 2. The summed E-state index contributed by atoms with van der Waals surface area (Å²) in [5.41, 5.74) is 4.55. The zero-order valence-corrected chi connectivity index (χ0v) is 10.8. The summed E-state index contributed by atoms with van der Waals surface area (Å²) in [6.45, 7) is 7.21. The van der Waals surface area contributed by atoms with E-state index in [4.69, 9.17) is 5.84 Å². The molecule has 0 fully saturated rings. The maximum absolute atomic E-state index is 5.64. The lowest BCUT2D eigenvalue weighted by molar-refractivity contribution is 0.572. The Morgan fingerprint density at radius 1 is 1.43 bits per heavy atom. The number of rotatable bonds is 4. The van der Waals surface area contributed by atoms with Crippen molar-refractivity contribution < 1.29 is 0 Å². The summed E-state index contributed by atoms with van der Waals surface area (Å²) in [6, 6.07) is 1.71. The summed E-state index contributed by atoms with van der Waals surface area (Å²) in [4.78, 5) is 0. The second kappa shape index (κ2) is 5.10. The van der Waals surface area contributed by atoms with E-state index in [1.807, 2.05) is 0 Å². The van der Waals surface area contributed by atoms with Gasteiger partial charge < -0.3 is 0 Å². The molecular formula is C11H24N2Si. The molecule has 0 saturated carbocycles. The smallest absolute Gasteiger partial charge is 0.0462 e. The van der Waals surface area contributed by atoms with Crippen molar-refractivity contribution >= 4 is 8.07 Å². The van der Waals surface area contributed by atoms with Gasteiger partial charge in [-0.1, -0.05) is 31.3 Å². The van der Waals surface area contributed by atoms with Crippen LogP contribution in [0.15, 0.2) is 11.6 Å². The van der Waals surface area contributed by atoms with Gasteiger partial charge in [-0.15, -0.1) is 0 Å². The molecule has 3 heteroatoms. The fourth-order valence-corrected chi connectivity index (χ4v) is 3.69. The van der Waals surface area contributed by atoms with Crippen LogP contribution in [0.2, 0.25) is 25.7 Å². The van der Waals surface area contributed by atoms with Gasteiger partial charge in [-0.05, 0) is 31.7 Å². The normalized spacial score (nSPS) is 20.4. The largest absolute Gasteiger partial charge is 0.271 e. The topological polar surface area (TPSA) is 38.0 Å². The molecule has 1 rings (SSSR count). The molecule has 1 aliphatic carbocycles. The first-order valence-corrected chi connectivity index (χ1v) is 9.39. The molecule has 0 heterocycles. The third kappa shape index (κ3) is 3.94. The maximum Gasteiger partial charge on any atom is 0.0462 e. The van der Waals surface area contributed by atoms with Gasteiger partial charge in [-0.3, -0.25) is 11.3 Å². The van der Waals surface area contributed by atoms with Crippen molar-refractivity contribution in [2.75, 3.05) is 0 Å². The van der Waals surface area contributed by atoms with Crippen molar-refractivity contribution in [2.24, 2.45) is 5.84 Å². The summed E-state index contributed by atoms with van der Waals surface area (Å²) in [7, 11) is -1.01. The van der Waals surface area contributed by atoms with Crippen molar-refractivity contribution in [1.82, 2.24) is 5.43 Å². The van der Waals surface area contributed by atoms with Gasteiger partial charge in [0.15, 0.2) is 0 Å². The number of hydrogen-bond acceptors (Lipinski definition) is 2. The van der Waals surface area contributed by atoms with Crippen LogP contribution in [0.25, 0.3) is 0 Å². The predicted octanol–water partition coefficient (Wildman–Crippen LogP) is 2.66. The molecule has 14 heavy (non-hydrogen) atoms. The van der Waals surface area contributed by atoms with Crippen LogP contribution < -0.4 is 11.3 Å². The molecule has 2 nitrogen and oxygen atoms in total. The zero-order valence-electron chi connectivity index (χ0n) is 9.77. The SMILES string of the molecule is C[Si](C)(C)CC(NN)C1=CCCCC1. The van der Waals surface area contributed by atoms with Crippen molar-refractivity contribution in [3.8, 4) is 0 Å². The predicted molar refractivity (Wildman–Crippen MR) is 65.8 cm³/mol. The van der Waals surface area contributed by atoms with E-state index in [-0.39, 0.29) is 0 Å². The van der Waals surface area contributed by atoms with E-state index in [1.165, 1.54) is 31.7 Å². The van der Waals surface area contributed by atoms with Crippen LogP contribution in [0.3, 0.4) is 0 Å². The highest BCUT2D eigenvalue weighted by molar-refractivity contribution is 6.76. The standard InChI is InChI=1S/C11H24N2Si/c1-14(2,3)9-11(13-12)10-7-5-4-6-8-10/h7,11,13H,4-6,8-9,12H2,1-3H3. The van der Waals surface area contributed by atoms with Gasteiger partial charge in [0, 0.05) is 14.1 Å². The zero-order chi connectivity index (χ0) is 10.6. The van der Waals surface area contributed by atoms with Crippen LogP contribution in [0.5, 0.6) is 0 Å². The lowest BCUT2D eigenvalue weighted by Crippen LogP contribution is -2.42. The van der Waals surface area contributed by atoms with E-state index in [1.54, 1.807) is 5.57 Å². The molecule has 0 aromatic rings. The first-order valence-electron chi connectivity index (χ1n) is 5.68. The third-order valence-corrected chi connectivity index (χ3v) is 4.42. The summed E-state index contributed by atoms with van der Waals surface area (Å²) >= 11 is 0. The Balaban J connectivity index is 2.57. The van der Waals surface area contributed by atoms with E-state index in [2.05, 4.69) is 31.1 Å². The van der Waals surface area contributed by atoms with E-state index >= 15 is 0 Å². The van der Waals surface area contributed by atoms with Crippen molar-refractivity contribution in [2.45, 2.75) is 57.4 Å². The van der Waals surface area contributed by atoms with E-state index in [0.29, 0.717) is 6.04 Å². The summed E-state index contributed by atoms with van der Waals surface area (Å²) < 4.78 is 0. The average Bonchev–Trinajstić information content (AvgIpc) is 2.14. The molecule has 1 atom stereocenters. The molecule has 0 aromatic carbocycles. The van der Waals surface area contributed by atoms with Crippen LogP contribution in [0, 0.1) is 0 Å². The third-order valence-electron chi connectivity index (χ3n) is 2.79. The van der Waals surface area contributed by atoms with Gasteiger partial charge in [0.25, 0.3) is 0 Å². The van der Waals surface area contributed by atoms with Gasteiger partial charge in [0.2, 0.25) is 0 Å². The quantitative estimate of drug-likeness (QED) is 0.325. The Kier molecular flexibility index (Phi) is 4.35. The fraction of sp³-hybridized carbons (Fsp3) is 0.818. The minimum Gasteiger partial charge on any atom is -0.271 e. The Bertz CT molecular complexity index is 206. The van der Waals surface area contributed by atoms with E-state index < -0.39 is 8.07 Å². The van der Waals surface area contributed by atoms with E-state index in [9.17, 15) is 0 Å². The van der Waals surface area contributed by atoms with E-state index in [0.717, 1.165) is 0 Å². The molecule has 3 N–H and O–H groups in total. The average molecular weight is 212 g/mol. The van der Waals surface area contributed by atoms with Gasteiger partial charge in [0.05, 0.1) is 0 Å². The fourth-order valence-electron chi connectivity index (χ4n) is 2.09. The van der Waals surface area contributed by atoms with Crippen molar-refractivity contribution in [3.05, 3.63) is 11.6 Å². The first kappa shape index (κ1) is 11.9. The van der Waals surface area contributed by atoms with Crippen LogP contribution in [-0.4, -0.2) is 14.1 Å². The molecule has 82 valence electrons. The van der Waals surface area contributed by atoms with Crippen LogP contribution in [0.4, 0.5) is 0 Å². The monoisotopic (exact) mass is 212 g/mol. The molecule has 0 spiro atoms. The molecule has 0 radical (unpaired) electrons. The summed E-state index contributed by atoms with van der Waals surface area (Å²) in [5.74, 6) is 5.64. The van der Waals surface area contributed by atoms with Crippen LogP contribution >= 0.6 is 0 Å². The molecule has 0 amide bonds. The van der Waals surface area contributed by atoms with Gasteiger partial charge in [-0.2, -0.15) is 0 Å². The highest BCUT2D eigenvalue weighted by atomic mass is 28.3. The van der Waals surface area contributed by atoms with Crippen molar-refractivity contribution in [3.63, 3.8) is 0 Å². The lowest BCUT2D eigenvalue weighted by Gasteiger charge is -2.27. The number of nitrogens with one attached hydrogen (secondary N) is 1. The molecular weight excluding hydrogens is 188 g/mol. The first-order chi connectivity index (χ1) is 6.53. The van der Waals surface area contributed by atoms with Gasteiger partial charge in [-0.25, -0.2) is 0 Å². The Morgan fingerprint density at radius 3 is 2.57 bits per heavy atom. The summed E-state index contributed by atoms with van der Waals surface area (Å²) in [5, 5.41) is 0. The van der Waals surface area contributed by atoms with Crippen LogP contribution in [0.1, 0.15) is 25.7 Å². The molecule has 0 saturated heterocycles. The molecule has 0 aromatic heterocycles. The highest BCUT2D eigenvalue weighted by Gasteiger charge is 2.22. The molecule has 0 aliphatic heterocycles. The Hall–Kier alpha value is -0.123. The second-order valence-electron chi connectivity index (χ2n) is 5.51. The van der Waals surface area contributed by atoms with Crippen LogP contribution in [-0.2, 0) is 0 Å². The Labute approximate surface area is 88.9 Å². The van der Waals surface area contributed by atoms with Gasteiger partial charge >= 0.3 is 0 Å². The molecule has 0 bridgehead atoms. The minimum atomic E-state index is -1.01. The maximum atomic E-state index is 5.64. The summed E-state index contributed by atoms with van der Waals surface area (Å²) in [6.07, 6.45) is 7.59. The number of nitrogens with two attached hydrogens (primary N) is 1.